The number of nitrogens with zero attached hydrogens (tertiary/aromatic N) is 2. The van der Waals surface area contributed by atoms with Crippen LogP contribution in [0, 0.1) is 0 Å². The first kappa shape index (κ1) is 15.8. The van der Waals surface area contributed by atoms with Gasteiger partial charge in [-0.1, -0.05) is 0 Å². The molecule has 0 aliphatic rings. The molecule has 0 aliphatic heterocycles. The van der Waals surface area contributed by atoms with E-state index in [1.807, 2.05) is 0 Å². The number of rotatable bonds is 1. The number of H-pyrrole nitrogens is 1. The van der Waals surface area contributed by atoms with Gasteiger partial charge in [0.1, 0.15) is 0 Å². The number of carboxylic acid groups (broad SMARTS) is 1. The predicted octanol–water partition coefficient (Wildman–Crippen LogP) is 0.239. The smallest absolute Gasteiger partial charge is 0.475 e. The molecule has 0 aromatic carbocycles. The molecule has 8 nitrogen and oxygen atoms in total. The van der Waals surface area contributed by atoms with Crippen LogP contribution in [0.5, 0.6) is 0 Å². The van der Waals surface area contributed by atoms with E-state index >= 15 is 0 Å². The third-order valence-electron chi connectivity index (χ3n) is 1.78. The van der Waals surface area contributed by atoms with Crippen LogP contribution < -0.4 is 5.14 Å². The Kier molecular flexibility index (Phi) is 4.29. The van der Waals surface area contributed by atoms with Gasteiger partial charge in [-0.15, -0.1) is 0 Å². The highest BCUT2D eigenvalue weighted by Crippen LogP contribution is 2.13. The van der Waals surface area contributed by atoms with E-state index in [9.17, 15) is 21.6 Å². The van der Waals surface area contributed by atoms with Crippen molar-refractivity contribution in [3.8, 4) is 0 Å². The average molecular weight is 312 g/mol. The van der Waals surface area contributed by atoms with Gasteiger partial charge in [-0.2, -0.15) is 13.2 Å². The van der Waals surface area contributed by atoms with Gasteiger partial charge in [0.05, 0.1) is 5.52 Å². The maximum absolute atomic E-state index is 10.8. The zero-order chi connectivity index (χ0) is 15.6. The van der Waals surface area contributed by atoms with Gasteiger partial charge in [-0.05, 0) is 0 Å². The molecule has 2 rings (SSSR count). The van der Waals surface area contributed by atoms with E-state index < -0.39 is 22.2 Å². The number of nitrogens with two attached hydrogens (primary N) is 1. The molecule has 0 radical (unpaired) electrons. The number of aliphatic carboxylic acids is 1. The summed E-state index contributed by atoms with van der Waals surface area (Å²) >= 11 is 0. The SMILES string of the molecule is NS(=O)(=O)c1ncc2c[nH]cc2n1.O=C(O)C(F)(F)F. The second-order valence-corrected chi connectivity index (χ2v) is 4.75. The van der Waals surface area contributed by atoms with E-state index in [-0.39, 0.29) is 5.16 Å². The van der Waals surface area contributed by atoms with Crippen LogP contribution in [-0.2, 0) is 14.8 Å². The Morgan fingerprint density at radius 1 is 1.35 bits per heavy atom. The first-order chi connectivity index (χ1) is 9.01. The molecular weight excluding hydrogens is 305 g/mol. The van der Waals surface area contributed by atoms with Crippen LogP contribution >= 0.6 is 0 Å². The van der Waals surface area contributed by atoms with Gasteiger partial charge < -0.3 is 10.1 Å². The van der Waals surface area contributed by atoms with Crippen molar-refractivity contribution in [1.82, 2.24) is 15.0 Å². The third kappa shape index (κ3) is 4.17. The summed E-state index contributed by atoms with van der Waals surface area (Å²) in [5.74, 6) is -2.76. The molecule has 0 saturated carbocycles. The highest BCUT2D eigenvalue weighted by molar-refractivity contribution is 7.89. The molecule has 20 heavy (non-hydrogen) atoms. The molecule has 4 N–H and O–H groups in total. The number of sulfonamides is 1. The lowest BCUT2D eigenvalue weighted by atomic mass is 10.4. The van der Waals surface area contributed by atoms with Crippen molar-refractivity contribution in [1.29, 1.82) is 0 Å². The summed E-state index contributed by atoms with van der Waals surface area (Å²) in [5, 5.41) is 12.4. The lowest BCUT2D eigenvalue weighted by Gasteiger charge is -1.94. The highest BCUT2D eigenvalue weighted by atomic mass is 32.2. The van der Waals surface area contributed by atoms with E-state index in [2.05, 4.69) is 15.0 Å². The van der Waals surface area contributed by atoms with Crippen LogP contribution in [0.25, 0.3) is 10.9 Å². The molecule has 110 valence electrons. The number of halogens is 3. The largest absolute Gasteiger partial charge is 0.490 e. The van der Waals surface area contributed by atoms with E-state index in [4.69, 9.17) is 15.0 Å². The number of fused-ring (bicyclic) bond motifs is 1. The molecule has 0 spiro atoms. The Labute approximate surface area is 109 Å². The van der Waals surface area contributed by atoms with E-state index in [0.717, 1.165) is 5.39 Å². The average Bonchev–Trinajstić information content (AvgIpc) is 2.73. The monoisotopic (exact) mass is 312 g/mol. The Balaban J connectivity index is 0.000000246. The van der Waals surface area contributed by atoms with Crippen LogP contribution in [0.1, 0.15) is 0 Å². The molecule has 0 fully saturated rings. The van der Waals surface area contributed by atoms with Crippen molar-refractivity contribution in [2.24, 2.45) is 5.14 Å². The third-order valence-corrected chi connectivity index (χ3v) is 2.49. The molecule has 0 amide bonds. The molecule has 0 bridgehead atoms. The van der Waals surface area contributed by atoms with Crippen LogP contribution in [-0.4, -0.2) is 40.6 Å². The first-order valence-corrected chi connectivity index (χ1v) is 6.19. The summed E-state index contributed by atoms with van der Waals surface area (Å²) in [5.41, 5.74) is 0.527. The van der Waals surface area contributed by atoms with Crippen molar-refractivity contribution < 1.29 is 31.5 Å². The molecule has 0 saturated heterocycles. The zero-order valence-corrected chi connectivity index (χ0v) is 10.2. The number of hydrogen-bond acceptors (Lipinski definition) is 5. The Bertz CT molecular complexity index is 725. The Morgan fingerprint density at radius 3 is 2.35 bits per heavy atom. The predicted molar refractivity (Wildman–Crippen MR) is 59.0 cm³/mol. The van der Waals surface area contributed by atoms with Gasteiger partial charge in [-0.3, -0.25) is 0 Å². The molecule has 2 aromatic heterocycles. The molecule has 2 aromatic rings. The van der Waals surface area contributed by atoms with Crippen LogP contribution in [0.2, 0.25) is 0 Å². The van der Waals surface area contributed by atoms with Gasteiger partial charge in [-0.25, -0.2) is 28.3 Å². The van der Waals surface area contributed by atoms with Crippen molar-refractivity contribution in [3.63, 3.8) is 0 Å². The van der Waals surface area contributed by atoms with E-state index in [1.54, 1.807) is 12.4 Å². The zero-order valence-electron chi connectivity index (χ0n) is 9.42. The number of aromatic nitrogens is 3. The number of nitrogens with one attached hydrogen (secondary N) is 1. The molecular formula is C8H7F3N4O4S. The van der Waals surface area contributed by atoms with Crippen molar-refractivity contribution in [3.05, 3.63) is 18.6 Å². The summed E-state index contributed by atoms with van der Waals surface area (Å²) in [4.78, 5) is 19.0. The van der Waals surface area contributed by atoms with Crippen LogP contribution in [0.15, 0.2) is 23.7 Å². The number of carboxylic acids is 1. The summed E-state index contributed by atoms with van der Waals surface area (Å²) in [6.07, 6.45) is -0.438. The minimum atomic E-state index is -5.08. The number of primary sulfonamides is 1. The fourth-order valence-electron chi connectivity index (χ4n) is 0.962. The Hall–Kier alpha value is -2.21. The lowest BCUT2D eigenvalue weighted by molar-refractivity contribution is -0.192. The highest BCUT2D eigenvalue weighted by Gasteiger charge is 2.38. The van der Waals surface area contributed by atoms with Crippen LogP contribution in [0.4, 0.5) is 13.2 Å². The molecule has 0 unspecified atom stereocenters. The quantitative estimate of drug-likeness (QED) is 0.644. The standard InChI is InChI=1S/C6H6N4O2S.C2HF3O2/c7-13(11,12)6-9-2-4-1-8-3-5(4)10-6;3-2(4,5)1(6)7/h1-3,8H,(H2,7,11,12);(H,6,7). The minimum Gasteiger partial charge on any atom is -0.475 e. The van der Waals surface area contributed by atoms with E-state index in [1.165, 1.54) is 6.20 Å². The fourth-order valence-corrected chi connectivity index (χ4v) is 1.39. The number of aromatic amines is 1. The maximum atomic E-state index is 10.8. The van der Waals surface area contributed by atoms with Crippen molar-refractivity contribution in [2.75, 3.05) is 0 Å². The molecule has 0 aliphatic carbocycles. The lowest BCUT2D eigenvalue weighted by Crippen LogP contribution is -2.21. The second-order valence-electron chi connectivity index (χ2n) is 3.30. The maximum Gasteiger partial charge on any atom is 0.490 e. The fraction of sp³-hybridized carbons (Fsp3) is 0.125. The summed E-state index contributed by atoms with van der Waals surface area (Å²) in [7, 11) is -3.81. The van der Waals surface area contributed by atoms with Gasteiger partial charge in [0.25, 0.3) is 15.2 Å². The summed E-state index contributed by atoms with van der Waals surface area (Å²) in [6.45, 7) is 0. The van der Waals surface area contributed by atoms with E-state index in [0.29, 0.717) is 5.52 Å². The summed E-state index contributed by atoms with van der Waals surface area (Å²) in [6, 6.07) is 0. The number of alkyl halides is 3. The molecule has 2 heterocycles. The van der Waals surface area contributed by atoms with Crippen LogP contribution in [0.3, 0.4) is 0 Å². The van der Waals surface area contributed by atoms with Gasteiger partial charge >= 0.3 is 12.1 Å². The summed E-state index contributed by atoms with van der Waals surface area (Å²) < 4.78 is 53.4. The van der Waals surface area contributed by atoms with Gasteiger partial charge in [0.15, 0.2) is 0 Å². The molecule has 0 atom stereocenters. The Morgan fingerprint density at radius 2 is 1.90 bits per heavy atom. The normalized spacial score (nSPS) is 11.8. The second kappa shape index (κ2) is 5.42. The van der Waals surface area contributed by atoms with Crippen molar-refractivity contribution >= 4 is 26.9 Å². The van der Waals surface area contributed by atoms with Crippen molar-refractivity contribution in [2.45, 2.75) is 11.3 Å². The number of carbonyl (C=O) groups is 1. The van der Waals surface area contributed by atoms with Gasteiger partial charge in [0, 0.05) is 24.0 Å². The van der Waals surface area contributed by atoms with Gasteiger partial charge in [0.2, 0.25) is 0 Å². The minimum absolute atomic E-state index is 0.361. The topological polar surface area (TPSA) is 139 Å². The molecule has 12 heteroatoms. The number of hydrogen-bond donors (Lipinski definition) is 3. The first-order valence-electron chi connectivity index (χ1n) is 4.64.